The number of nitrogens with one attached hydrogen (secondary N) is 2. The van der Waals surface area contributed by atoms with Crippen LogP contribution in [0, 0.1) is 17.7 Å². The Morgan fingerprint density at radius 1 is 1.04 bits per heavy atom. The molecule has 1 aliphatic carbocycles. The van der Waals surface area contributed by atoms with Gasteiger partial charge in [-0.2, -0.15) is 0 Å². The second-order valence-electron chi connectivity index (χ2n) is 5.95. The number of carbonyl (C=O) groups is 3. The highest BCUT2D eigenvalue weighted by molar-refractivity contribution is 5.94. The molecule has 0 saturated heterocycles. The lowest BCUT2D eigenvalue weighted by Gasteiger charge is -2.25. The lowest BCUT2D eigenvalue weighted by Crippen LogP contribution is -2.39. The van der Waals surface area contributed by atoms with Gasteiger partial charge in [-0.15, -0.1) is 0 Å². The van der Waals surface area contributed by atoms with Crippen LogP contribution in [-0.2, 0) is 9.59 Å². The molecule has 1 aromatic rings. The molecule has 1 fully saturated rings. The maximum absolute atomic E-state index is 12.8. The summed E-state index contributed by atoms with van der Waals surface area (Å²) in [7, 11) is 0. The van der Waals surface area contributed by atoms with Gasteiger partial charge in [-0.25, -0.2) is 4.39 Å². The van der Waals surface area contributed by atoms with Crippen molar-refractivity contribution in [1.29, 1.82) is 0 Å². The molecule has 0 radical (unpaired) electrons. The van der Waals surface area contributed by atoms with Gasteiger partial charge in [-0.1, -0.05) is 6.42 Å². The van der Waals surface area contributed by atoms with Crippen molar-refractivity contribution in [2.75, 3.05) is 13.1 Å². The lowest BCUT2D eigenvalue weighted by molar-refractivity contribution is -0.144. The molecule has 0 spiro atoms. The van der Waals surface area contributed by atoms with Crippen molar-refractivity contribution >= 4 is 17.8 Å². The van der Waals surface area contributed by atoms with Gasteiger partial charge >= 0.3 is 5.97 Å². The fourth-order valence-corrected chi connectivity index (χ4v) is 2.86. The Labute approximate surface area is 139 Å². The van der Waals surface area contributed by atoms with E-state index in [-0.39, 0.29) is 30.8 Å². The second kappa shape index (κ2) is 8.42. The zero-order valence-corrected chi connectivity index (χ0v) is 13.3. The quantitative estimate of drug-likeness (QED) is 0.687. The molecule has 1 aliphatic rings. The Bertz CT molecular complexity index is 603. The Morgan fingerprint density at radius 2 is 1.67 bits per heavy atom. The van der Waals surface area contributed by atoms with Crippen LogP contribution in [0.2, 0.25) is 0 Å². The Morgan fingerprint density at radius 3 is 2.33 bits per heavy atom. The highest BCUT2D eigenvalue weighted by atomic mass is 19.1. The summed E-state index contributed by atoms with van der Waals surface area (Å²) >= 11 is 0. The fraction of sp³-hybridized carbons (Fsp3) is 0.471. The van der Waals surface area contributed by atoms with Gasteiger partial charge in [0.05, 0.1) is 5.92 Å². The van der Waals surface area contributed by atoms with Crippen molar-refractivity contribution < 1.29 is 23.9 Å². The Kier molecular flexibility index (Phi) is 6.28. The fourth-order valence-electron chi connectivity index (χ4n) is 2.86. The number of hydrogen-bond acceptors (Lipinski definition) is 3. The number of rotatable bonds is 6. The highest BCUT2D eigenvalue weighted by Gasteiger charge is 2.30. The summed E-state index contributed by atoms with van der Waals surface area (Å²) in [4.78, 5) is 34.9. The molecule has 2 unspecified atom stereocenters. The van der Waals surface area contributed by atoms with E-state index in [4.69, 9.17) is 5.11 Å². The second-order valence-corrected chi connectivity index (χ2v) is 5.95. The van der Waals surface area contributed by atoms with Crippen LogP contribution in [0.4, 0.5) is 4.39 Å². The van der Waals surface area contributed by atoms with Gasteiger partial charge < -0.3 is 15.7 Å². The first kappa shape index (κ1) is 17.9. The molecule has 24 heavy (non-hydrogen) atoms. The SMILES string of the molecule is O=C(NCCNC(=O)C1CCCC(C(=O)O)C1)c1ccc(F)cc1. The summed E-state index contributed by atoms with van der Waals surface area (Å²) < 4.78 is 12.8. The van der Waals surface area contributed by atoms with Crippen molar-refractivity contribution in [3.05, 3.63) is 35.6 Å². The minimum Gasteiger partial charge on any atom is -0.481 e. The molecule has 2 amide bonds. The van der Waals surface area contributed by atoms with Gasteiger partial charge in [-0.05, 0) is 43.5 Å². The summed E-state index contributed by atoms with van der Waals surface area (Å²) in [6.07, 6.45) is 2.41. The first-order valence-electron chi connectivity index (χ1n) is 8.01. The van der Waals surface area contributed by atoms with Crippen molar-refractivity contribution in [2.45, 2.75) is 25.7 Å². The summed E-state index contributed by atoms with van der Waals surface area (Å²) in [5.41, 5.74) is 0.347. The average Bonchev–Trinajstić information content (AvgIpc) is 2.59. The van der Waals surface area contributed by atoms with Gasteiger partial charge in [0.15, 0.2) is 0 Å². The monoisotopic (exact) mass is 336 g/mol. The number of benzene rings is 1. The van der Waals surface area contributed by atoms with Gasteiger partial charge in [0.1, 0.15) is 5.82 Å². The smallest absolute Gasteiger partial charge is 0.306 e. The molecule has 0 aliphatic heterocycles. The number of aliphatic carboxylic acids is 1. The number of hydrogen-bond donors (Lipinski definition) is 3. The average molecular weight is 336 g/mol. The van der Waals surface area contributed by atoms with E-state index in [1.54, 1.807) is 0 Å². The largest absolute Gasteiger partial charge is 0.481 e. The van der Waals surface area contributed by atoms with Crippen LogP contribution in [0.1, 0.15) is 36.0 Å². The van der Waals surface area contributed by atoms with Gasteiger partial charge in [-0.3, -0.25) is 14.4 Å². The third-order valence-corrected chi connectivity index (χ3v) is 4.21. The predicted octanol–water partition coefficient (Wildman–Crippen LogP) is 1.56. The molecule has 2 rings (SSSR count). The molecular formula is C17H21FN2O4. The van der Waals surface area contributed by atoms with Gasteiger partial charge in [0, 0.05) is 24.6 Å². The number of carboxylic acid groups (broad SMARTS) is 1. The Balaban J connectivity index is 1.70. The summed E-state index contributed by atoms with van der Waals surface area (Å²) in [5, 5.41) is 14.4. The molecular weight excluding hydrogens is 315 g/mol. The number of amides is 2. The summed E-state index contributed by atoms with van der Waals surface area (Å²) in [5.74, 6) is -2.50. The zero-order valence-electron chi connectivity index (χ0n) is 13.3. The molecule has 0 aromatic heterocycles. The first-order valence-corrected chi connectivity index (χ1v) is 8.01. The maximum atomic E-state index is 12.8. The number of halogens is 1. The lowest BCUT2D eigenvalue weighted by atomic mass is 9.81. The van der Waals surface area contributed by atoms with E-state index in [0.717, 1.165) is 6.42 Å². The van der Waals surface area contributed by atoms with E-state index >= 15 is 0 Å². The van der Waals surface area contributed by atoms with Crippen LogP contribution in [0.25, 0.3) is 0 Å². The maximum Gasteiger partial charge on any atom is 0.306 e. The number of carboxylic acids is 1. The predicted molar refractivity (Wildman–Crippen MR) is 84.8 cm³/mol. The van der Waals surface area contributed by atoms with Crippen LogP contribution < -0.4 is 10.6 Å². The molecule has 1 saturated carbocycles. The molecule has 3 N–H and O–H groups in total. The van der Waals surface area contributed by atoms with Crippen molar-refractivity contribution in [2.24, 2.45) is 11.8 Å². The molecule has 0 bridgehead atoms. The van der Waals surface area contributed by atoms with Crippen molar-refractivity contribution in [3.63, 3.8) is 0 Å². The van der Waals surface area contributed by atoms with Crippen LogP contribution in [-0.4, -0.2) is 36.0 Å². The van der Waals surface area contributed by atoms with E-state index < -0.39 is 17.7 Å². The molecule has 130 valence electrons. The third-order valence-electron chi connectivity index (χ3n) is 4.21. The van der Waals surface area contributed by atoms with E-state index in [2.05, 4.69) is 10.6 Å². The van der Waals surface area contributed by atoms with Crippen LogP contribution in [0.3, 0.4) is 0 Å². The Hall–Kier alpha value is -2.44. The van der Waals surface area contributed by atoms with Crippen molar-refractivity contribution in [3.8, 4) is 0 Å². The van der Waals surface area contributed by atoms with E-state index in [9.17, 15) is 18.8 Å². The first-order chi connectivity index (χ1) is 11.5. The van der Waals surface area contributed by atoms with Crippen LogP contribution in [0.15, 0.2) is 24.3 Å². The van der Waals surface area contributed by atoms with Crippen LogP contribution in [0.5, 0.6) is 0 Å². The van der Waals surface area contributed by atoms with Crippen molar-refractivity contribution in [1.82, 2.24) is 10.6 Å². The molecule has 0 heterocycles. The van der Waals surface area contributed by atoms with Crippen LogP contribution >= 0.6 is 0 Å². The van der Waals surface area contributed by atoms with Gasteiger partial charge in [0.25, 0.3) is 5.91 Å². The minimum atomic E-state index is -0.848. The molecule has 1 aromatic carbocycles. The zero-order chi connectivity index (χ0) is 17.5. The molecule has 6 nitrogen and oxygen atoms in total. The summed E-state index contributed by atoms with van der Waals surface area (Å²) in [6.45, 7) is 0.511. The third kappa shape index (κ3) is 5.04. The standard InChI is InChI=1S/C17H21FN2O4/c18-14-6-4-11(5-7-14)15(21)19-8-9-20-16(22)12-2-1-3-13(10-12)17(23)24/h4-7,12-13H,1-3,8-10H2,(H,19,21)(H,20,22)(H,23,24). The normalized spacial score (nSPS) is 20.2. The molecule has 2 atom stereocenters. The minimum absolute atomic E-state index is 0.169. The van der Waals surface area contributed by atoms with Gasteiger partial charge in [0.2, 0.25) is 5.91 Å². The summed E-state index contributed by atoms with van der Waals surface area (Å²) in [6, 6.07) is 5.19. The van der Waals surface area contributed by atoms with E-state index in [1.807, 2.05) is 0 Å². The van der Waals surface area contributed by atoms with E-state index in [1.165, 1.54) is 24.3 Å². The number of carbonyl (C=O) groups excluding carboxylic acids is 2. The molecule has 7 heteroatoms. The topological polar surface area (TPSA) is 95.5 Å². The van der Waals surface area contributed by atoms with E-state index in [0.29, 0.717) is 24.8 Å². The highest BCUT2D eigenvalue weighted by Crippen LogP contribution is 2.29.